The Labute approximate surface area is 90.5 Å². The van der Waals surface area contributed by atoms with Crippen LogP contribution in [-0.4, -0.2) is 27.2 Å². The van der Waals surface area contributed by atoms with Gasteiger partial charge in [-0.15, -0.1) is 0 Å². The molecule has 0 fully saturated rings. The molecule has 0 aliphatic carbocycles. The Morgan fingerprint density at radius 1 is 1.56 bits per heavy atom. The third-order valence-corrected chi connectivity index (χ3v) is 2.00. The lowest BCUT2D eigenvalue weighted by Gasteiger charge is -2.00. The highest BCUT2D eigenvalue weighted by atomic mass is 16.5. The molecule has 7 nitrogen and oxygen atoms in total. The molecule has 0 saturated heterocycles. The van der Waals surface area contributed by atoms with Gasteiger partial charge in [0.1, 0.15) is 0 Å². The first kappa shape index (κ1) is 10.3. The molecule has 0 bridgehead atoms. The van der Waals surface area contributed by atoms with E-state index in [-0.39, 0.29) is 22.9 Å². The summed E-state index contributed by atoms with van der Waals surface area (Å²) in [7, 11) is 1.38. The van der Waals surface area contributed by atoms with Crippen LogP contribution in [0.5, 0.6) is 5.75 Å². The Kier molecular flexibility index (Phi) is 2.67. The first-order valence-electron chi connectivity index (χ1n) is 4.71. The van der Waals surface area contributed by atoms with Gasteiger partial charge < -0.3 is 14.2 Å². The monoisotopic (exact) mass is 222 g/mol. The SMILES string of the molecule is CCc1noc(-c2nc[nH]c(=O)c2OC)n1. The lowest BCUT2D eigenvalue weighted by atomic mass is 10.3. The van der Waals surface area contributed by atoms with Crippen molar-refractivity contribution in [3.8, 4) is 17.3 Å². The second kappa shape index (κ2) is 4.13. The van der Waals surface area contributed by atoms with E-state index in [2.05, 4.69) is 20.1 Å². The lowest BCUT2D eigenvalue weighted by molar-refractivity contribution is 0.395. The van der Waals surface area contributed by atoms with E-state index in [1.165, 1.54) is 13.4 Å². The minimum absolute atomic E-state index is 0.0637. The molecule has 1 N–H and O–H groups in total. The van der Waals surface area contributed by atoms with E-state index in [0.717, 1.165) is 0 Å². The number of nitrogens with zero attached hydrogens (tertiary/aromatic N) is 3. The Hall–Kier alpha value is -2.18. The van der Waals surface area contributed by atoms with Crippen molar-refractivity contribution in [3.05, 3.63) is 22.5 Å². The quantitative estimate of drug-likeness (QED) is 0.807. The topological polar surface area (TPSA) is 93.9 Å². The summed E-state index contributed by atoms with van der Waals surface area (Å²) in [6, 6.07) is 0. The van der Waals surface area contributed by atoms with Crippen LogP contribution < -0.4 is 10.3 Å². The van der Waals surface area contributed by atoms with Gasteiger partial charge in [0.2, 0.25) is 5.75 Å². The Bertz CT molecular complexity index is 546. The van der Waals surface area contributed by atoms with Crippen molar-refractivity contribution < 1.29 is 9.26 Å². The van der Waals surface area contributed by atoms with Crippen LogP contribution in [-0.2, 0) is 6.42 Å². The molecule has 0 unspecified atom stereocenters. The molecule has 2 rings (SSSR count). The standard InChI is InChI=1S/C9H10N4O3/c1-3-5-12-9(16-13-5)6-7(15-2)8(14)11-4-10-6/h4H,3H2,1-2H3,(H,10,11,14). The maximum absolute atomic E-state index is 11.4. The van der Waals surface area contributed by atoms with Gasteiger partial charge in [-0.1, -0.05) is 12.1 Å². The maximum Gasteiger partial charge on any atom is 0.293 e. The molecule has 7 heteroatoms. The number of H-pyrrole nitrogens is 1. The number of nitrogens with one attached hydrogen (secondary N) is 1. The minimum atomic E-state index is -0.385. The number of aromatic nitrogens is 4. The van der Waals surface area contributed by atoms with Crippen LogP contribution in [0.2, 0.25) is 0 Å². The number of rotatable bonds is 3. The summed E-state index contributed by atoms with van der Waals surface area (Å²) in [5, 5.41) is 3.72. The third-order valence-electron chi connectivity index (χ3n) is 2.00. The zero-order valence-corrected chi connectivity index (χ0v) is 8.85. The zero-order valence-electron chi connectivity index (χ0n) is 8.85. The molecule has 2 aromatic heterocycles. The number of aromatic amines is 1. The Morgan fingerprint density at radius 3 is 3.00 bits per heavy atom. The largest absolute Gasteiger partial charge is 0.489 e. The van der Waals surface area contributed by atoms with Crippen LogP contribution in [0.25, 0.3) is 11.6 Å². The highest BCUT2D eigenvalue weighted by Crippen LogP contribution is 2.21. The molecule has 0 radical (unpaired) electrons. The summed E-state index contributed by atoms with van der Waals surface area (Å²) < 4.78 is 9.92. The molecule has 0 atom stereocenters. The highest BCUT2D eigenvalue weighted by Gasteiger charge is 2.17. The first-order valence-corrected chi connectivity index (χ1v) is 4.71. The van der Waals surface area contributed by atoms with Crippen LogP contribution >= 0.6 is 0 Å². The van der Waals surface area contributed by atoms with Crippen LogP contribution in [0.15, 0.2) is 15.6 Å². The molecular formula is C9H10N4O3. The highest BCUT2D eigenvalue weighted by molar-refractivity contribution is 5.55. The molecule has 2 heterocycles. The van der Waals surface area contributed by atoms with Crippen molar-refractivity contribution in [2.24, 2.45) is 0 Å². The van der Waals surface area contributed by atoms with Crippen LogP contribution in [0.4, 0.5) is 0 Å². The van der Waals surface area contributed by atoms with Gasteiger partial charge in [0.15, 0.2) is 11.5 Å². The van der Waals surface area contributed by atoms with E-state index >= 15 is 0 Å². The fourth-order valence-electron chi connectivity index (χ4n) is 1.22. The molecule has 16 heavy (non-hydrogen) atoms. The molecule has 0 saturated carbocycles. The summed E-state index contributed by atoms with van der Waals surface area (Å²) in [6.07, 6.45) is 1.91. The molecule has 2 aromatic rings. The van der Waals surface area contributed by atoms with Crippen LogP contribution in [0, 0.1) is 0 Å². The molecule has 0 spiro atoms. The molecule has 0 aliphatic rings. The summed E-state index contributed by atoms with van der Waals surface area (Å²) in [5.41, 5.74) is -0.137. The van der Waals surface area contributed by atoms with Gasteiger partial charge in [0.25, 0.3) is 11.4 Å². The smallest absolute Gasteiger partial charge is 0.293 e. The minimum Gasteiger partial charge on any atom is -0.489 e. The van der Waals surface area contributed by atoms with Crippen molar-refractivity contribution in [1.82, 2.24) is 20.1 Å². The van der Waals surface area contributed by atoms with Crippen molar-refractivity contribution in [2.45, 2.75) is 13.3 Å². The number of hydrogen-bond acceptors (Lipinski definition) is 6. The second-order valence-corrected chi connectivity index (χ2v) is 2.98. The molecule has 0 aromatic carbocycles. The van der Waals surface area contributed by atoms with E-state index in [9.17, 15) is 4.79 Å². The maximum atomic E-state index is 11.4. The Balaban J connectivity index is 2.55. The predicted molar refractivity (Wildman–Crippen MR) is 54.1 cm³/mol. The molecule has 0 amide bonds. The van der Waals surface area contributed by atoms with Crippen molar-refractivity contribution >= 4 is 0 Å². The summed E-state index contributed by atoms with van der Waals surface area (Å²) >= 11 is 0. The van der Waals surface area contributed by atoms with Crippen LogP contribution in [0.1, 0.15) is 12.7 Å². The number of hydrogen-bond donors (Lipinski definition) is 1. The first-order chi connectivity index (χ1) is 7.76. The average Bonchev–Trinajstić information content (AvgIpc) is 2.77. The third kappa shape index (κ3) is 1.67. The fraction of sp³-hybridized carbons (Fsp3) is 0.333. The van der Waals surface area contributed by atoms with Gasteiger partial charge in [-0.2, -0.15) is 4.98 Å². The van der Waals surface area contributed by atoms with Gasteiger partial charge in [0.05, 0.1) is 13.4 Å². The van der Waals surface area contributed by atoms with Gasteiger partial charge in [-0.3, -0.25) is 4.79 Å². The lowest BCUT2D eigenvalue weighted by Crippen LogP contribution is -2.11. The average molecular weight is 222 g/mol. The van der Waals surface area contributed by atoms with Crippen molar-refractivity contribution in [3.63, 3.8) is 0 Å². The predicted octanol–water partition coefficient (Wildman–Crippen LogP) is 0.391. The van der Waals surface area contributed by atoms with Crippen molar-refractivity contribution in [2.75, 3.05) is 7.11 Å². The van der Waals surface area contributed by atoms with Gasteiger partial charge in [-0.05, 0) is 0 Å². The zero-order chi connectivity index (χ0) is 11.5. The van der Waals surface area contributed by atoms with E-state index in [1.807, 2.05) is 6.92 Å². The summed E-state index contributed by atoms with van der Waals surface area (Å²) in [5.74, 6) is 0.799. The molecule has 84 valence electrons. The summed E-state index contributed by atoms with van der Waals surface area (Å²) in [6.45, 7) is 1.90. The number of methoxy groups -OCH3 is 1. The van der Waals surface area contributed by atoms with E-state index in [0.29, 0.717) is 12.2 Å². The van der Waals surface area contributed by atoms with E-state index in [1.54, 1.807) is 0 Å². The normalized spacial score (nSPS) is 10.4. The number of aryl methyl sites for hydroxylation is 1. The Morgan fingerprint density at radius 2 is 2.38 bits per heavy atom. The molecule has 0 aliphatic heterocycles. The number of ether oxygens (including phenoxy) is 1. The van der Waals surface area contributed by atoms with Crippen molar-refractivity contribution in [1.29, 1.82) is 0 Å². The van der Waals surface area contributed by atoms with E-state index < -0.39 is 0 Å². The molecular weight excluding hydrogens is 212 g/mol. The van der Waals surface area contributed by atoms with E-state index in [4.69, 9.17) is 9.26 Å². The van der Waals surface area contributed by atoms with Gasteiger partial charge in [0, 0.05) is 6.42 Å². The van der Waals surface area contributed by atoms with Gasteiger partial charge >= 0.3 is 0 Å². The second-order valence-electron chi connectivity index (χ2n) is 2.98. The fourth-order valence-corrected chi connectivity index (χ4v) is 1.22. The summed E-state index contributed by atoms with van der Waals surface area (Å²) in [4.78, 5) is 21.8. The van der Waals surface area contributed by atoms with Gasteiger partial charge in [-0.25, -0.2) is 4.98 Å². The van der Waals surface area contributed by atoms with Crippen LogP contribution in [0.3, 0.4) is 0 Å².